The SMILES string of the molecule is CC(NC(=O)N1CCN(c2ccccc2)CC1)c1cccnc1. The van der Waals surface area contributed by atoms with Gasteiger partial charge in [-0.1, -0.05) is 24.3 Å². The van der Waals surface area contributed by atoms with Gasteiger partial charge in [0.05, 0.1) is 6.04 Å². The molecule has 2 aromatic rings. The van der Waals surface area contributed by atoms with Gasteiger partial charge in [-0.3, -0.25) is 4.98 Å². The summed E-state index contributed by atoms with van der Waals surface area (Å²) < 4.78 is 0. The monoisotopic (exact) mass is 310 g/mol. The van der Waals surface area contributed by atoms with Crippen molar-refractivity contribution in [3.8, 4) is 0 Å². The van der Waals surface area contributed by atoms with Crippen molar-refractivity contribution >= 4 is 11.7 Å². The molecule has 0 bridgehead atoms. The van der Waals surface area contributed by atoms with E-state index in [2.05, 4.69) is 27.3 Å². The van der Waals surface area contributed by atoms with Crippen LogP contribution in [0.4, 0.5) is 10.5 Å². The van der Waals surface area contributed by atoms with Gasteiger partial charge in [0.2, 0.25) is 0 Å². The largest absolute Gasteiger partial charge is 0.368 e. The number of benzene rings is 1. The molecule has 120 valence electrons. The third-order valence-electron chi connectivity index (χ3n) is 4.21. The number of pyridine rings is 1. The minimum atomic E-state index is -0.0386. The molecule has 2 heterocycles. The average molecular weight is 310 g/mol. The Kier molecular flexibility index (Phi) is 4.76. The number of urea groups is 1. The highest BCUT2D eigenvalue weighted by Gasteiger charge is 2.22. The van der Waals surface area contributed by atoms with Crippen molar-refractivity contribution in [2.45, 2.75) is 13.0 Å². The maximum absolute atomic E-state index is 12.4. The Morgan fingerprint density at radius 3 is 2.48 bits per heavy atom. The van der Waals surface area contributed by atoms with Crippen LogP contribution in [0.15, 0.2) is 54.9 Å². The maximum Gasteiger partial charge on any atom is 0.317 e. The molecule has 3 rings (SSSR count). The molecule has 1 aromatic carbocycles. The molecule has 1 aromatic heterocycles. The Balaban J connectivity index is 1.52. The van der Waals surface area contributed by atoms with Gasteiger partial charge in [-0.05, 0) is 30.7 Å². The highest BCUT2D eigenvalue weighted by Crippen LogP contribution is 2.16. The van der Waals surface area contributed by atoms with Gasteiger partial charge in [0.15, 0.2) is 0 Å². The lowest BCUT2D eigenvalue weighted by molar-refractivity contribution is 0.191. The molecule has 2 amide bonds. The fourth-order valence-electron chi connectivity index (χ4n) is 2.80. The number of aromatic nitrogens is 1. The number of amides is 2. The first-order valence-electron chi connectivity index (χ1n) is 7.99. The summed E-state index contributed by atoms with van der Waals surface area (Å²) in [5.74, 6) is 0. The van der Waals surface area contributed by atoms with E-state index in [0.717, 1.165) is 31.7 Å². The minimum absolute atomic E-state index is 0.00550. The van der Waals surface area contributed by atoms with Crippen LogP contribution in [0.25, 0.3) is 0 Å². The number of rotatable bonds is 3. The first-order chi connectivity index (χ1) is 11.2. The highest BCUT2D eigenvalue weighted by molar-refractivity contribution is 5.75. The van der Waals surface area contributed by atoms with E-state index in [1.165, 1.54) is 5.69 Å². The van der Waals surface area contributed by atoms with Crippen LogP contribution in [0.2, 0.25) is 0 Å². The molecule has 0 radical (unpaired) electrons. The van der Waals surface area contributed by atoms with Gasteiger partial charge >= 0.3 is 6.03 Å². The zero-order valence-electron chi connectivity index (χ0n) is 13.4. The molecule has 1 N–H and O–H groups in total. The minimum Gasteiger partial charge on any atom is -0.368 e. The second kappa shape index (κ2) is 7.13. The number of carbonyl (C=O) groups is 1. The predicted molar refractivity (Wildman–Crippen MR) is 91.4 cm³/mol. The van der Waals surface area contributed by atoms with E-state index in [1.807, 2.05) is 42.2 Å². The molecule has 0 aliphatic carbocycles. The van der Waals surface area contributed by atoms with Crippen molar-refractivity contribution in [1.82, 2.24) is 15.2 Å². The summed E-state index contributed by atoms with van der Waals surface area (Å²) in [6.45, 7) is 5.17. The topological polar surface area (TPSA) is 48.5 Å². The van der Waals surface area contributed by atoms with E-state index in [0.29, 0.717) is 0 Å². The number of carbonyl (C=O) groups excluding carboxylic acids is 1. The van der Waals surface area contributed by atoms with Crippen molar-refractivity contribution in [2.24, 2.45) is 0 Å². The molecule has 1 unspecified atom stereocenters. The zero-order chi connectivity index (χ0) is 16.1. The van der Waals surface area contributed by atoms with Crippen LogP contribution in [0.5, 0.6) is 0 Å². The number of anilines is 1. The van der Waals surface area contributed by atoms with Crippen LogP contribution >= 0.6 is 0 Å². The van der Waals surface area contributed by atoms with E-state index in [1.54, 1.807) is 12.4 Å². The molecule has 1 saturated heterocycles. The van der Waals surface area contributed by atoms with Gasteiger partial charge in [0.1, 0.15) is 0 Å². The van der Waals surface area contributed by atoms with Gasteiger partial charge in [0, 0.05) is 44.3 Å². The molecule has 1 aliphatic rings. The van der Waals surface area contributed by atoms with Crippen molar-refractivity contribution in [1.29, 1.82) is 0 Å². The maximum atomic E-state index is 12.4. The molecule has 0 spiro atoms. The van der Waals surface area contributed by atoms with Gasteiger partial charge in [0.25, 0.3) is 0 Å². The smallest absolute Gasteiger partial charge is 0.317 e. The summed E-state index contributed by atoms with van der Waals surface area (Å²) in [4.78, 5) is 20.7. The normalized spacial score (nSPS) is 16.0. The van der Waals surface area contributed by atoms with E-state index in [4.69, 9.17) is 0 Å². The van der Waals surface area contributed by atoms with Gasteiger partial charge in [-0.15, -0.1) is 0 Å². The number of para-hydroxylation sites is 1. The third kappa shape index (κ3) is 3.80. The lowest BCUT2D eigenvalue weighted by atomic mass is 10.1. The van der Waals surface area contributed by atoms with Crippen molar-refractivity contribution in [3.05, 3.63) is 60.4 Å². The Bertz CT molecular complexity index is 624. The summed E-state index contributed by atoms with van der Waals surface area (Å²) in [6, 6.07) is 14.2. The number of piperazine rings is 1. The second-order valence-corrected chi connectivity index (χ2v) is 5.77. The number of nitrogens with one attached hydrogen (secondary N) is 1. The van der Waals surface area contributed by atoms with Crippen LogP contribution in [-0.4, -0.2) is 42.1 Å². The van der Waals surface area contributed by atoms with Gasteiger partial charge < -0.3 is 15.1 Å². The molecule has 5 nitrogen and oxygen atoms in total. The highest BCUT2D eigenvalue weighted by atomic mass is 16.2. The van der Waals surface area contributed by atoms with Crippen LogP contribution in [0, 0.1) is 0 Å². The zero-order valence-corrected chi connectivity index (χ0v) is 13.4. The molecule has 1 aliphatic heterocycles. The Labute approximate surface area is 136 Å². The van der Waals surface area contributed by atoms with Crippen molar-refractivity contribution in [2.75, 3.05) is 31.1 Å². The van der Waals surface area contributed by atoms with E-state index >= 15 is 0 Å². The summed E-state index contributed by atoms with van der Waals surface area (Å²) in [7, 11) is 0. The molecular formula is C18H22N4O. The molecular weight excluding hydrogens is 288 g/mol. The lowest BCUT2D eigenvalue weighted by Gasteiger charge is -2.36. The standard InChI is InChI=1S/C18H22N4O/c1-15(16-6-5-9-19-14-16)20-18(23)22-12-10-21(11-13-22)17-7-3-2-4-8-17/h2-9,14-15H,10-13H2,1H3,(H,20,23). The molecule has 23 heavy (non-hydrogen) atoms. The molecule has 0 saturated carbocycles. The lowest BCUT2D eigenvalue weighted by Crippen LogP contribution is -2.52. The Morgan fingerprint density at radius 2 is 1.83 bits per heavy atom. The summed E-state index contributed by atoms with van der Waals surface area (Å²) in [5, 5.41) is 3.05. The quantitative estimate of drug-likeness (QED) is 0.948. The van der Waals surface area contributed by atoms with Crippen LogP contribution < -0.4 is 10.2 Å². The summed E-state index contributed by atoms with van der Waals surface area (Å²) >= 11 is 0. The van der Waals surface area contributed by atoms with Crippen LogP contribution in [0.3, 0.4) is 0 Å². The Hall–Kier alpha value is -2.56. The molecule has 5 heteroatoms. The molecule has 1 fully saturated rings. The Morgan fingerprint density at radius 1 is 1.09 bits per heavy atom. The van der Waals surface area contributed by atoms with Gasteiger partial charge in [-0.2, -0.15) is 0 Å². The third-order valence-corrected chi connectivity index (χ3v) is 4.21. The van der Waals surface area contributed by atoms with Gasteiger partial charge in [-0.25, -0.2) is 4.79 Å². The van der Waals surface area contributed by atoms with E-state index in [9.17, 15) is 4.79 Å². The van der Waals surface area contributed by atoms with E-state index in [-0.39, 0.29) is 12.1 Å². The van der Waals surface area contributed by atoms with Crippen LogP contribution in [-0.2, 0) is 0 Å². The first kappa shape index (κ1) is 15.3. The number of hydrogen-bond donors (Lipinski definition) is 1. The summed E-state index contributed by atoms with van der Waals surface area (Å²) in [6.07, 6.45) is 3.53. The van der Waals surface area contributed by atoms with E-state index < -0.39 is 0 Å². The summed E-state index contributed by atoms with van der Waals surface area (Å²) in [5.41, 5.74) is 2.24. The number of nitrogens with zero attached hydrogens (tertiary/aromatic N) is 3. The van der Waals surface area contributed by atoms with Crippen LogP contribution in [0.1, 0.15) is 18.5 Å². The molecule has 1 atom stereocenters. The van der Waals surface area contributed by atoms with Crippen molar-refractivity contribution in [3.63, 3.8) is 0 Å². The second-order valence-electron chi connectivity index (χ2n) is 5.77. The van der Waals surface area contributed by atoms with Crippen molar-refractivity contribution < 1.29 is 4.79 Å². The first-order valence-corrected chi connectivity index (χ1v) is 7.99. The fourth-order valence-corrected chi connectivity index (χ4v) is 2.80. The average Bonchev–Trinajstić information content (AvgIpc) is 2.63. The fraction of sp³-hybridized carbons (Fsp3) is 0.333. The number of hydrogen-bond acceptors (Lipinski definition) is 3. The predicted octanol–water partition coefficient (Wildman–Crippen LogP) is 2.67.